The third-order valence-corrected chi connectivity index (χ3v) is 4.67. The standard InChI is InChI=1S/C18H24N2O3/c1-3-15-14-6-5-7-16(17(14)23-18(21)19-15)22-12-13-8-10-20(4-2)11-9-13/h5-7,13H,3-4,8-12H2,1-2H3. The molecule has 0 bridgehead atoms. The molecule has 1 saturated heterocycles. The minimum Gasteiger partial charge on any atom is -0.489 e. The Morgan fingerprint density at radius 3 is 2.78 bits per heavy atom. The van der Waals surface area contributed by atoms with Crippen LogP contribution >= 0.6 is 0 Å². The minimum absolute atomic E-state index is 0.523. The van der Waals surface area contributed by atoms with Crippen molar-refractivity contribution >= 4 is 11.0 Å². The van der Waals surface area contributed by atoms with Crippen LogP contribution in [0.15, 0.2) is 27.4 Å². The Bertz CT molecular complexity index is 718. The summed E-state index contributed by atoms with van der Waals surface area (Å²) in [5.41, 5.74) is 1.29. The molecule has 2 aromatic rings. The van der Waals surface area contributed by atoms with Crippen LogP contribution in [0.25, 0.3) is 11.0 Å². The lowest BCUT2D eigenvalue weighted by atomic mass is 9.98. The number of aryl methyl sites for hydroxylation is 1. The lowest BCUT2D eigenvalue weighted by molar-refractivity contribution is 0.146. The van der Waals surface area contributed by atoms with Crippen LogP contribution in [0.4, 0.5) is 0 Å². The first-order valence-electron chi connectivity index (χ1n) is 8.49. The number of hydrogen-bond donors (Lipinski definition) is 0. The van der Waals surface area contributed by atoms with Gasteiger partial charge in [0, 0.05) is 5.39 Å². The van der Waals surface area contributed by atoms with E-state index in [-0.39, 0.29) is 0 Å². The van der Waals surface area contributed by atoms with Crippen LogP contribution in [0.3, 0.4) is 0 Å². The molecule has 1 aromatic carbocycles. The normalized spacial score (nSPS) is 16.8. The van der Waals surface area contributed by atoms with Gasteiger partial charge in [-0.2, -0.15) is 4.98 Å². The lowest BCUT2D eigenvalue weighted by Crippen LogP contribution is -2.35. The topological polar surface area (TPSA) is 55.6 Å². The Kier molecular flexibility index (Phi) is 4.96. The van der Waals surface area contributed by atoms with E-state index in [0.717, 1.165) is 43.6 Å². The van der Waals surface area contributed by atoms with E-state index in [1.807, 2.05) is 25.1 Å². The molecule has 0 amide bonds. The number of para-hydroxylation sites is 1. The van der Waals surface area contributed by atoms with E-state index in [0.29, 0.717) is 30.3 Å². The second kappa shape index (κ2) is 7.13. The van der Waals surface area contributed by atoms with Crippen molar-refractivity contribution < 1.29 is 9.15 Å². The molecule has 0 saturated carbocycles. The summed E-state index contributed by atoms with van der Waals surface area (Å²) >= 11 is 0. The van der Waals surface area contributed by atoms with Crippen LogP contribution < -0.4 is 10.5 Å². The molecule has 0 aliphatic carbocycles. The van der Waals surface area contributed by atoms with Crippen LogP contribution in [0, 0.1) is 5.92 Å². The molecule has 2 heterocycles. The average molecular weight is 316 g/mol. The van der Waals surface area contributed by atoms with E-state index in [9.17, 15) is 4.79 Å². The number of rotatable bonds is 5. The second-order valence-corrected chi connectivity index (χ2v) is 6.10. The molecule has 0 atom stereocenters. The summed E-state index contributed by atoms with van der Waals surface area (Å²) in [6.07, 6.45) is 3.01. The summed E-state index contributed by atoms with van der Waals surface area (Å²) in [4.78, 5) is 18.1. The molecule has 124 valence electrons. The van der Waals surface area contributed by atoms with Gasteiger partial charge in [0.2, 0.25) is 0 Å². The maximum atomic E-state index is 11.7. The highest BCUT2D eigenvalue weighted by Gasteiger charge is 2.19. The van der Waals surface area contributed by atoms with Gasteiger partial charge in [-0.25, -0.2) is 4.79 Å². The van der Waals surface area contributed by atoms with Crippen LogP contribution in [0.2, 0.25) is 0 Å². The SMILES string of the molecule is CCc1nc(=O)oc2c(OCC3CCN(CC)CC3)cccc12. The first-order chi connectivity index (χ1) is 11.2. The van der Waals surface area contributed by atoms with Crippen molar-refractivity contribution in [2.75, 3.05) is 26.2 Å². The Balaban J connectivity index is 1.76. The van der Waals surface area contributed by atoms with Crippen molar-refractivity contribution in [3.63, 3.8) is 0 Å². The number of piperidine rings is 1. The monoisotopic (exact) mass is 316 g/mol. The largest absolute Gasteiger partial charge is 0.489 e. The molecule has 1 aliphatic rings. The molecule has 5 nitrogen and oxygen atoms in total. The first kappa shape index (κ1) is 16.0. The molecular weight excluding hydrogens is 292 g/mol. The highest BCUT2D eigenvalue weighted by atomic mass is 16.5. The number of ether oxygens (including phenoxy) is 1. The van der Waals surface area contributed by atoms with E-state index in [1.54, 1.807) is 0 Å². The van der Waals surface area contributed by atoms with Gasteiger partial charge in [-0.3, -0.25) is 0 Å². The zero-order valence-electron chi connectivity index (χ0n) is 13.9. The smallest absolute Gasteiger partial charge is 0.439 e. The Morgan fingerprint density at radius 2 is 2.09 bits per heavy atom. The van der Waals surface area contributed by atoms with Crippen LogP contribution in [-0.4, -0.2) is 36.1 Å². The fourth-order valence-corrected chi connectivity index (χ4v) is 3.19. The number of aromatic nitrogens is 1. The van der Waals surface area contributed by atoms with Crippen molar-refractivity contribution in [1.29, 1.82) is 0 Å². The quantitative estimate of drug-likeness (QED) is 0.849. The van der Waals surface area contributed by atoms with Gasteiger partial charge in [-0.1, -0.05) is 19.9 Å². The molecule has 3 rings (SSSR count). The predicted octanol–water partition coefficient (Wildman–Crippen LogP) is 2.86. The summed E-state index contributed by atoms with van der Waals surface area (Å²) in [6, 6.07) is 5.72. The second-order valence-electron chi connectivity index (χ2n) is 6.10. The lowest BCUT2D eigenvalue weighted by Gasteiger charge is -2.30. The van der Waals surface area contributed by atoms with Gasteiger partial charge < -0.3 is 14.1 Å². The van der Waals surface area contributed by atoms with Gasteiger partial charge in [0.15, 0.2) is 11.3 Å². The van der Waals surface area contributed by atoms with Gasteiger partial charge in [0.05, 0.1) is 12.3 Å². The number of benzene rings is 1. The summed E-state index contributed by atoms with van der Waals surface area (Å²) in [6.45, 7) is 8.25. The molecule has 0 spiro atoms. The highest BCUT2D eigenvalue weighted by Crippen LogP contribution is 2.27. The van der Waals surface area contributed by atoms with Crippen LogP contribution in [0.5, 0.6) is 5.75 Å². The summed E-state index contributed by atoms with van der Waals surface area (Å²) in [5.74, 6) is 0.656. The van der Waals surface area contributed by atoms with Crippen molar-refractivity contribution in [2.45, 2.75) is 33.1 Å². The maximum absolute atomic E-state index is 11.7. The zero-order chi connectivity index (χ0) is 16.2. The Hall–Kier alpha value is -1.88. The maximum Gasteiger partial charge on any atom is 0.439 e. The van der Waals surface area contributed by atoms with Gasteiger partial charge >= 0.3 is 5.76 Å². The van der Waals surface area contributed by atoms with E-state index >= 15 is 0 Å². The molecule has 1 aromatic heterocycles. The molecule has 0 unspecified atom stereocenters. The summed E-state index contributed by atoms with van der Waals surface area (Å²) in [5, 5.41) is 0.866. The zero-order valence-corrected chi connectivity index (χ0v) is 13.9. The van der Waals surface area contributed by atoms with Crippen molar-refractivity contribution in [2.24, 2.45) is 5.92 Å². The van der Waals surface area contributed by atoms with E-state index in [4.69, 9.17) is 9.15 Å². The Morgan fingerprint density at radius 1 is 1.30 bits per heavy atom. The summed E-state index contributed by atoms with van der Waals surface area (Å²) < 4.78 is 11.3. The molecule has 5 heteroatoms. The molecule has 0 N–H and O–H groups in total. The van der Waals surface area contributed by atoms with Gasteiger partial charge in [-0.05, 0) is 56.9 Å². The van der Waals surface area contributed by atoms with Crippen LogP contribution in [0.1, 0.15) is 32.4 Å². The number of fused-ring (bicyclic) bond motifs is 1. The van der Waals surface area contributed by atoms with Crippen molar-refractivity contribution in [3.8, 4) is 5.75 Å². The van der Waals surface area contributed by atoms with Crippen LogP contribution in [-0.2, 0) is 6.42 Å². The fraction of sp³-hybridized carbons (Fsp3) is 0.556. The minimum atomic E-state index is -0.554. The summed E-state index contributed by atoms with van der Waals surface area (Å²) in [7, 11) is 0. The number of likely N-dealkylation sites (tertiary alicyclic amines) is 1. The number of nitrogens with zero attached hydrogens (tertiary/aromatic N) is 2. The first-order valence-corrected chi connectivity index (χ1v) is 8.49. The van der Waals surface area contributed by atoms with Gasteiger partial charge in [-0.15, -0.1) is 0 Å². The van der Waals surface area contributed by atoms with Gasteiger partial charge in [0.1, 0.15) is 0 Å². The van der Waals surface area contributed by atoms with Crippen molar-refractivity contribution in [1.82, 2.24) is 9.88 Å². The van der Waals surface area contributed by atoms with E-state index < -0.39 is 5.76 Å². The van der Waals surface area contributed by atoms with E-state index in [2.05, 4.69) is 16.8 Å². The van der Waals surface area contributed by atoms with Crippen molar-refractivity contribution in [3.05, 3.63) is 34.4 Å². The molecule has 1 aliphatic heterocycles. The highest BCUT2D eigenvalue weighted by molar-refractivity contribution is 5.84. The molecule has 0 radical (unpaired) electrons. The molecule has 23 heavy (non-hydrogen) atoms. The number of hydrogen-bond acceptors (Lipinski definition) is 5. The Labute approximate surface area is 136 Å². The third-order valence-electron chi connectivity index (χ3n) is 4.67. The predicted molar refractivity (Wildman–Crippen MR) is 90.0 cm³/mol. The van der Waals surface area contributed by atoms with Gasteiger partial charge in [0.25, 0.3) is 0 Å². The van der Waals surface area contributed by atoms with E-state index in [1.165, 1.54) is 0 Å². The average Bonchev–Trinajstić information content (AvgIpc) is 2.59. The third kappa shape index (κ3) is 3.55. The fourth-order valence-electron chi connectivity index (χ4n) is 3.19. The molecular formula is C18H24N2O3. The molecule has 1 fully saturated rings.